The summed E-state index contributed by atoms with van der Waals surface area (Å²) in [6.45, 7) is 3.09. The molecule has 0 spiro atoms. The van der Waals surface area contributed by atoms with E-state index in [1.165, 1.54) is 22.5 Å². The minimum atomic E-state index is 0.546. The van der Waals surface area contributed by atoms with Crippen LogP contribution in [0, 0.1) is 11.3 Å². The summed E-state index contributed by atoms with van der Waals surface area (Å²) in [5.74, 6) is 0.546. The van der Waals surface area contributed by atoms with E-state index in [4.69, 9.17) is 10.2 Å². The molecule has 2 heterocycles. The van der Waals surface area contributed by atoms with Gasteiger partial charge >= 0.3 is 0 Å². The lowest BCUT2D eigenvalue weighted by molar-refractivity contribution is 0.212. The van der Waals surface area contributed by atoms with Crippen LogP contribution in [0.5, 0.6) is 0 Å². The molecule has 0 amide bonds. The molecule has 2 aromatic rings. The summed E-state index contributed by atoms with van der Waals surface area (Å²) < 4.78 is 1.28. The Labute approximate surface area is 117 Å². The monoisotopic (exact) mass is 271 g/mol. The molecule has 0 radical (unpaired) electrons. The Morgan fingerprint density at radius 2 is 2.32 bits per heavy atom. The summed E-state index contributed by atoms with van der Waals surface area (Å²) in [6.07, 6.45) is 3.07. The fourth-order valence-corrected chi connectivity index (χ4v) is 3.83. The fraction of sp³-hybridized carbons (Fsp3) is 0.467. The molecule has 0 bridgehead atoms. The van der Waals surface area contributed by atoms with Gasteiger partial charge in [0.15, 0.2) is 0 Å². The van der Waals surface area contributed by atoms with Gasteiger partial charge in [0.2, 0.25) is 0 Å². The van der Waals surface area contributed by atoms with Gasteiger partial charge in [-0.25, -0.2) is 4.98 Å². The number of nitrogens with zero attached hydrogens (tertiary/aromatic N) is 3. The molecule has 98 valence electrons. The van der Waals surface area contributed by atoms with Gasteiger partial charge in [-0.2, -0.15) is 5.26 Å². The zero-order chi connectivity index (χ0) is 13.1. The van der Waals surface area contributed by atoms with Gasteiger partial charge in [0.25, 0.3) is 0 Å². The van der Waals surface area contributed by atoms with Crippen LogP contribution in [0.2, 0.25) is 0 Å². The molecule has 1 aromatic carbocycles. The summed E-state index contributed by atoms with van der Waals surface area (Å²) in [5.41, 5.74) is 1.12. The number of hydrogen-bond donors (Lipinski definition) is 0. The fourth-order valence-electron chi connectivity index (χ4n) is 2.73. The van der Waals surface area contributed by atoms with Crippen LogP contribution in [0.25, 0.3) is 10.2 Å². The van der Waals surface area contributed by atoms with Crippen molar-refractivity contribution in [1.29, 1.82) is 5.26 Å². The first-order valence-electron chi connectivity index (χ1n) is 6.81. The van der Waals surface area contributed by atoms with Crippen molar-refractivity contribution in [3.63, 3.8) is 0 Å². The quantitative estimate of drug-likeness (QED) is 0.859. The largest absolute Gasteiger partial charge is 0.302 e. The number of likely N-dealkylation sites (tertiary alicyclic amines) is 1. The topological polar surface area (TPSA) is 39.9 Å². The second-order valence-electron chi connectivity index (χ2n) is 5.07. The summed E-state index contributed by atoms with van der Waals surface area (Å²) in [4.78, 5) is 7.18. The number of fused-ring (bicyclic) bond motifs is 1. The Morgan fingerprint density at radius 1 is 1.42 bits per heavy atom. The van der Waals surface area contributed by atoms with Crippen molar-refractivity contribution in [2.24, 2.45) is 0 Å². The smallest absolute Gasteiger partial charge is 0.0982 e. The molecule has 0 aliphatic carbocycles. The maximum atomic E-state index is 8.69. The maximum absolute atomic E-state index is 8.69. The van der Waals surface area contributed by atoms with Gasteiger partial charge < -0.3 is 4.90 Å². The predicted octanol–water partition coefficient (Wildman–Crippen LogP) is 3.39. The van der Waals surface area contributed by atoms with Crippen LogP contribution >= 0.6 is 11.3 Å². The Hall–Kier alpha value is -1.44. The van der Waals surface area contributed by atoms with Gasteiger partial charge in [-0.05, 0) is 31.5 Å². The summed E-state index contributed by atoms with van der Waals surface area (Å²) in [6, 6.07) is 10.6. The van der Waals surface area contributed by atoms with Crippen LogP contribution in [0.3, 0.4) is 0 Å². The maximum Gasteiger partial charge on any atom is 0.0982 e. The van der Waals surface area contributed by atoms with Crippen molar-refractivity contribution in [1.82, 2.24) is 9.88 Å². The number of hydrogen-bond acceptors (Lipinski definition) is 4. The highest BCUT2D eigenvalue weighted by atomic mass is 32.1. The predicted molar refractivity (Wildman–Crippen MR) is 78.3 cm³/mol. The van der Waals surface area contributed by atoms with E-state index in [1.54, 1.807) is 0 Å². The highest BCUT2D eigenvalue weighted by Crippen LogP contribution is 2.32. The number of nitriles is 1. The number of thiazole rings is 1. The highest BCUT2D eigenvalue weighted by molar-refractivity contribution is 7.18. The summed E-state index contributed by atoms with van der Waals surface area (Å²) in [5, 5.41) is 9.95. The Balaban J connectivity index is 1.75. The van der Waals surface area contributed by atoms with E-state index < -0.39 is 0 Å². The van der Waals surface area contributed by atoms with E-state index in [1.807, 2.05) is 17.4 Å². The Kier molecular flexibility index (Phi) is 3.77. The first-order valence-corrected chi connectivity index (χ1v) is 7.63. The van der Waals surface area contributed by atoms with Crippen molar-refractivity contribution in [2.45, 2.75) is 25.2 Å². The van der Waals surface area contributed by atoms with Crippen molar-refractivity contribution >= 4 is 21.6 Å². The lowest BCUT2D eigenvalue weighted by Crippen LogP contribution is -2.34. The lowest BCUT2D eigenvalue weighted by Gasteiger charge is -2.31. The van der Waals surface area contributed by atoms with Crippen LogP contribution in [-0.2, 0) is 0 Å². The second-order valence-corrected chi connectivity index (χ2v) is 6.13. The minimum Gasteiger partial charge on any atom is -0.302 e. The third-order valence-corrected chi connectivity index (χ3v) is 4.90. The average molecular weight is 271 g/mol. The van der Waals surface area contributed by atoms with E-state index in [-0.39, 0.29) is 0 Å². The SMILES string of the molecule is N#CCCN1CCC[C@@H](c2nc3ccccc3s2)C1. The van der Waals surface area contributed by atoms with E-state index in [2.05, 4.69) is 29.2 Å². The molecule has 0 N–H and O–H groups in total. The summed E-state index contributed by atoms with van der Waals surface area (Å²) in [7, 11) is 0. The second kappa shape index (κ2) is 5.68. The molecular weight excluding hydrogens is 254 g/mol. The molecule has 19 heavy (non-hydrogen) atoms. The molecule has 1 fully saturated rings. The molecule has 4 heteroatoms. The van der Waals surface area contributed by atoms with E-state index in [0.717, 1.165) is 25.2 Å². The molecule has 0 unspecified atom stereocenters. The van der Waals surface area contributed by atoms with E-state index >= 15 is 0 Å². The zero-order valence-corrected chi connectivity index (χ0v) is 11.7. The molecule has 1 aliphatic rings. The normalized spacial score (nSPS) is 20.5. The standard InChI is InChI=1S/C15H17N3S/c16-8-4-10-18-9-3-5-12(11-18)15-17-13-6-1-2-7-14(13)19-15/h1-2,6-7,12H,3-5,9-11H2/t12-/m1/s1. The van der Waals surface area contributed by atoms with Crippen LogP contribution in [-0.4, -0.2) is 29.5 Å². The van der Waals surface area contributed by atoms with Gasteiger partial charge in [0, 0.05) is 25.4 Å². The average Bonchev–Trinajstić information content (AvgIpc) is 2.89. The van der Waals surface area contributed by atoms with Crippen LogP contribution in [0.1, 0.15) is 30.2 Å². The number of aromatic nitrogens is 1. The number of rotatable bonds is 3. The molecule has 0 saturated carbocycles. The van der Waals surface area contributed by atoms with E-state index in [9.17, 15) is 0 Å². The van der Waals surface area contributed by atoms with Crippen molar-refractivity contribution in [3.05, 3.63) is 29.3 Å². The van der Waals surface area contributed by atoms with Gasteiger partial charge in [0.05, 0.1) is 21.3 Å². The zero-order valence-electron chi connectivity index (χ0n) is 10.9. The van der Waals surface area contributed by atoms with Gasteiger partial charge in [-0.1, -0.05) is 12.1 Å². The lowest BCUT2D eigenvalue weighted by atomic mass is 9.98. The molecule has 1 atom stereocenters. The third kappa shape index (κ3) is 2.78. The van der Waals surface area contributed by atoms with Crippen LogP contribution < -0.4 is 0 Å². The summed E-state index contributed by atoms with van der Waals surface area (Å²) >= 11 is 1.83. The first kappa shape index (κ1) is 12.6. The first-order chi connectivity index (χ1) is 9.36. The number of benzene rings is 1. The van der Waals surface area contributed by atoms with Crippen molar-refractivity contribution in [2.75, 3.05) is 19.6 Å². The van der Waals surface area contributed by atoms with Gasteiger partial charge in [0.1, 0.15) is 0 Å². The number of para-hydroxylation sites is 1. The third-order valence-electron chi connectivity index (χ3n) is 3.71. The van der Waals surface area contributed by atoms with Crippen LogP contribution in [0.4, 0.5) is 0 Å². The van der Waals surface area contributed by atoms with Crippen LogP contribution in [0.15, 0.2) is 24.3 Å². The van der Waals surface area contributed by atoms with Crippen molar-refractivity contribution < 1.29 is 0 Å². The molecule has 1 aliphatic heterocycles. The van der Waals surface area contributed by atoms with Gasteiger partial charge in [-0.15, -0.1) is 11.3 Å². The molecule has 3 rings (SSSR count). The van der Waals surface area contributed by atoms with Gasteiger partial charge in [-0.3, -0.25) is 0 Å². The molecule has 3 nitrogen and oxygen atoms in total. The Morgan fingerprint density at radius 3 is 3.16 bits per heavy atom. The minimum absolute atomic E-state index is 0.546. The molecule has 1 aromatic heterocycles. The molecule has 1 saturated heterocycles. The van der Waals surface area contributed by atoms with E-state index in [0.29, 0.717) is 12.3 Å². The Bertz CT molecular complexity index is 566. The van der Waals surface area contributed by atoms with Crippen molar-refractivity contribution in [3.8, 4) is 6.07 Å². The molecular formula is C15H17N3S. The number of piperidine rings is 1. The highest BCUT2D eigenvalue weighted by Gasteiger charge is 2.23.